The van der Waals surface area contributed by atoms with Gasteiger partial charge >= 0.3 is 12.1 Å². The topological polar surface area (TPSA) is 88.1 Å². The van der Waals surface area contributed by atoms with Crippen molar-refractivity contribution < 1.29 is 37.7 Å². The van der Waals surface area contributed by atoms with E-state index in [9.17, 15) is 18.8 Å². The molecule has 7 nitrogen and oxygen atoms in total. The minimum Gasteiger partial charge on any atom is -0.494 e. The van der Waals surface area contributed by atoms with Gasteiger partial charge in [-0.1, -0.05) is 125 Å². The van der Waals surface area contributed by atoms with Crippen molar-refractivity contribution in [2.45, 2.75) is 102 Å². The number of alkyl halides is 1. The van der Waals surface area contributed by atoms with Gasteiger partial charge in [0.05, 0.1) is 13.0 Å². The third-order valence-electron chi connectivity index (χ3n) is 8.46. The molecule has 9 heteroatoms. The highest BCUT2D eigenvalue weighted by molar-refractivity contribution is 8.13. The van der Waals surface area contributed by atoms with Gasteiger partial charge in [0.2, 0.25) is 0 Å². The van der Waals surface area contributed by atoms with Crippen LogP contribution >= 0.6 is 11.8 Å². The van der Waals surface area contributed by atoms with Gasteiger partial charge in [-0.25, -0.2) is 9.18 Å². The van der Waals surface area contributed by atoms with E-state index >= 15 is 0 Å². The summed E-state index contributed by atoms with van der Waals surface area (Å²) >= 11 is 1.13. The van der Waals surface area contributed by atoms with Crippen LogP contribution in [0.25, 0.3) is 11.1 Å². The molecule has 0 aliphatic rings. The van der Waals surface area contributed by atoms with Crippen LogP contribution in [0.3, 0.4) is 0 Å². The second kappa shape index (κ2) is 23.1. The third kappa shape index (κ3) is 16.3. The van der Waals surface area contributed by atoms with Gasteiger partial charge in [0.15, 0.2) is 5.12 Å². The number of unbranched alkanes of at least 4 members (excludes halogenated alkanes) is 9. The quantitative estimate of drug-likeness (QED) is 0.0340. The monoisotopic (exact) mass is 742 g/mol. The lowest BCUT2D eigenvalue weighted by Gasteiger charge is -2.09. The normalized spacial score (nSPS) is 11.5. The number of carbonyl (C=O) groups is 3. The molecule has 4 rings (SSSR count). The molecule has 0 spiro atoms. The van der Waals surface area contributed by atoms with Crippen LogP contribution in [0.2, 0.25) is 0 Å². The van der Waals surface area contributed by atoms with Gasteiger partial charge in [0, 0.05) is 11.3 Å². The number of hydrogen-bond acceptors (Lipinski definition) is 8. The first-order valence-electron chi connectivity index (χ1n) is 18.7. The molecule has 0 aromatic heterocycles. The molecule has 0 saturated heterocycles. The zero-order chi connectivity index (χ0) is 37.7. The summed E-state index contributed by atoms with van der Waals surface area (Å²) in [6, 6.07) is 28.7. The Bertz CT molecular complexity index is 1670. The molecular weight excluding hydrogens is 692 g/mol. The first kappa shape index (κ1) is 41.1. The third-order valence-corrected chi connectivity index (χ3v) is 9.34. The Balaban J connectivity index is 1.11. The van der Waals surface area contributed by atoms with Gasteiger partial charge in [0.1, 0.15) is 30.0 Å². The van der Waals surface area contributed by atoms with Crippen LogP contribution in [-0.4, -0.2) is 36.6 Å². The van der Waals surface area contributed by atoms with Crippen molar-refractivity contribution in [1.29, 1.82) is 0 Å². The van der Waals surface area contributed by atoms with Crippen molar-refractivity contribution in [3.05, 3.63) is 108 Å². The van der Waals surface area contributed by atoms with Crippen LogP contribution < -0.4 is 14.2 Å². The summed E-state index contributed by atoms with van der Waals surface area (Å²) in [4.78, 5) is 37.7. The maximum absolute atomic E-state index is 12.9. The fourth-order valence-electron chi connectivity index (χ4n) is 5.56. The van der Waals surface area contributed by atoms with Crippen LogP contribution in [-0.2, 0) is 27.2 Å². The van der Waals surface area contributed by atoms with Gasteiger partial charge in [0.25, 0.3) is 0 Å². The van der Waals surface area contributed by atoms with Crippen molar-refractivity contribution in [3.8, 4) is 28.4 Å². The molecule has 4 aromatic rings. The highest BCUT2D eigenvalue weighted by atomic mass is 32.2. The van der Waals surface area contributed by atoms with Crippen molar-refractivity contribution in [2.75, 3.05) is 13.2 Å². The van der Waals surface area contributed by atoms with Crippen LogP contribution in [0.5, 0.6) is 17.2 Å². The number of esters is 1. The molecule has 1 atom stereocenters. The molecule has 0 radical (unpaired) electrons. The number of carbonyl (C=O) groups excluding carboxylic acids is 3. The molecular formula is C44H51FO7S. The molecule has 0 N–H and O–H groups in total. The lowest BCUT2D eigenvalue weighted by molar-refractivity contribution is -0.144. The SMILES string of the molecule is CCCCCCCCCCCCOc1ccc(CC(=O)Sc2ccc(OC(=O)Oc3ccc(-c4ccc(CC(=O)OCC(C)F)cc4)cc3)cc2)cc1. The molecule has 1 unspecified atom stereocenters. The first-order valence-corrected chi connectivity index (χ1v) is 19.5. The second-order valence-corrected chi connectivity index (χ2v) is 14.2. The Morgan fingerprint density at radius 3 is 1.64 bits per heavy atom. The molecule has 53 heavy (non-hydrogen) atoms. The van der Waals surface area contributed by atoms with E-state index in [1.807, 2.05) is 48.5 Å². The Morgan fingerprint density at radius 2 is 1.08 bits per heavy atom. The van der Waals surface area contributed by atoms with Gasteiger partial charge in [-0.05, 0) is 84.1 Å². The largest absolute Gasteiger partial charge is 0.519 e. The number of halogens is 1. The standard InChI is InChI=1S/C44H51FO7S/c1-3-4-5-6-7-8-9-10-11-12-29-49-38-21-15-35(16-22-38)31-43(47)53-41-27-25-40(26-28-41)52-44(48)51-39-23-19-37(20-24-39)36-17-13-34(14-18-36)30-42(46)50-32-33(2)45/h13-28,33H,3-12,29-32H2,1-2H3. The highest BCUT2D eigenvalue weighted by Gasteiger charge is 2.12. The lowest BCUT2D eigenvalue weighted by atomic mass is 10.0. The summed E-state index contributed by atoms with van der Waals surface area (Å²) in [6.07, 6.45) is 11.2. The number of ether oxygens (including phenoxy) is 4. The summed E-state index contributed by atoms with van der Waals surface area (Å²) in [6.45, 7) is 4.05. The van der Waals surface area contributed by atoms with Crippen molar-refractivity contribution in [1.82, 2.24) is 0 Å². The average molecular weight is 743 g/mol. The number of thioether (sulfide) groups is 1. The number of hydrogen-bond donors (Lipinski definition) is 0. The van der Waals surface area contributed by atoms with Crippen molar-refractivity contribution >= 4 is 29.0 Å². The van der Waals surface area contributed by atoms with Gasteiger partial charge in [-0.15, -0.1) is 0 Å². The first-order chi connectivity index (χ1) is 25.8. The van der Waals surface area contributed by atoms with E-state index < -0.39 is 18.3 Å². The highest BCUT2D eigenvalue weighted by Crippen LogP contribution is 2.26. The Hall–Kier alpha value is -4.63. The van der Waals surface area contributed by atoms with Crippen molar-refractivity contribution in [3.63, 3.8) is 0 Å². The Morgan fingerprint density at radius 1 is 0.604 bits per heavy atom. The fourth-order valence-corrected chi connectivity index (χ4v) is 6.34. The smallest absolute Gasteiger partial charge is 0.494 e. The summed E-state index contributed by atoms with van der Waals surface area (Å²) in [5.41, 5.74) is 3.47. The molecule has 4 aromatic carbocycles. The zero-order valence-corrected chi connectivity index (χ0v) is 31.7. The molecule has 0 amide bonds. The van der Waals surface area contributed by atoms with E-state index in [1.54, 1.807) is 48.5 Å². The van der Waals surface area contributed by atoms with Crippen LogP contribution in [0.1, 0.15) is 89.2 Å². The number of rotatable bonds is 22. The minimum atomic E-state index is -1.20. The van der Waals surface area contributed by atoms with Crippen molar-refractivity contribution in [2.24, 2.45) is 0 Å². The summed E-state index contributed by atoms with van der Waals surface area (Å²) in [5, 5.41) is 0.000974. The number of benzene rings is 4. The van der Waals surface area contributed by atoms with Crippen LogP contribution in [0.15, 0.2) is 102 Å². The average Bonchev–Trinajstić information content (AvgIpc) is 3.15. The zero-order valence-electron chi connectivity index (χ0n) is 30.9. The molecule has 0 aliphatic carbocycles. The van der Waals surface area contributed by atoms with E-state index in [2.05, 4.69) is 6.92 Å². The molecule has 0 fully saturated rings. The van der Waals surface area contributed by atoms with Gasteiger partial charge in [-0.3, -0.25) is 9.59 Å². The summed E-state index contributed by atoms with van der Waals surface area (Å²) in [5.74, 6) is 0.948. The Kier molecular flexibility index (Phi) is 17.9. The summed E-state index contributed by atoms with van der Waals surface area (Å²) in [7, 11) is 0. The molecule has 0 bridgehead atoms. The van der Waals surface area contributed by atoms with E-state index in [0.717, 1.165) is 51.1 Å². The minimum absolute atomic E-state index is 0.000974. The molecule has 282 valence electrons. The summed E-state index contributed by atoms with van der Waals surface area (Å²) < 4.78 is 34.3. The molecule has 0 aliphatic heterocycles. The van der Waals surface area contributed by atoms with Gasteiger partial charge in [-0.2, -0.15) is 0 Å². The van der Waals surface area contributed by atoms with E-state index in [0.29, 0.717) is 18.1 Å². The maximum atomic E-state index is 12.9. The predicted molar refractivity (Wildman–Crippen MR) is 209 cm³/mol. The molecule has 0 heterocycles. The van der Waals surface area contributed by atoms with E-state index in [-0.39, 0.29) is 24.6 Å². The van der Waals surface area contributed by atoms with Crippen LogP contribution in [0.4, 0.5) is 9.18 Å². The van der Waals surface area contributed by atoms with E-state index in [1.165, 1.54) is 64.7 Å². The lowest BCUT2D eigenvalue weighted by Crippen LogP contribution is -2.14. The predicted octanol–water partition coefficient (Wildman–Crippen LogP) is 11.5. The molecule has 0 saturated carbocycles. The van der Waals surface area contributed by atoms with Gasteiger partial charge < -0.3 is 18.9 Å². The second-order valence-electron chi connectivity index (χ2n) is 13.1. The fraction of sp³-hybridized carbons (Fsp3) is 0.386. The van der Waals surface area contributed by atoms with E-state index in [4.69, 9.17) is 18.9 Å². The Labute approximate surface area is 317 Å². The maximum Gasteiger partial charge on any atom is 0.519 e. The van der Waals surface area contributed by atoms with Crippen LogP contribution in [0, 0.1) is 0 Å².